The third-order valence-corrected chi connectivity index (χ3v) is 3.35. The molecule has 0 aliphatic carbocycles. The topological polar surface area (TPSA) is 98.9 Å². The number of piperidine rings is 1. The van der Waals surface area contributed by atoms with E-state index < -0.39 is 0 Å². The Bertz CT molecular complexity index is 478. The van der Waals surface area contributed by atoms with Gasteiger partial charge in [0, 0.05) is 19.0 Å². The van der Waals surface area contributed by atoms with Crippen molar-refractivity contribution in [3.8, 4) is 0 Å². The zero-order valence-electron chi connectivity index (χ0n) is 9.24. The number of rotatable bonds is 2. The molecular weight excluding hydrogens is 242 g/mol. The van der Waals surface area contributed by atoms with E-state index in [9.17, 15) is 4.79 Å². The van der Waals surface area contributed by atoms with E-state index in [1.807, 2.05) is 4.90 Å². The summed E-state index contributed by atoms with van der Waals surface area (Å²) in [5, 5.41) is 7.52. The van der Waals surface area contributed by atoms with Crippen LogP contribution >= 0.6 is 11.6 Å². The SMILES string of the molecule is N=C(N)C1CCN(c2nc[nH]c(=O)c2Cl)CC1. The first-order valence-electron chi connectivity index (χ1n) is 5.41. The monoisotopic (exact) mass is 255 g/mol. The van der Waals surface area contributed by atoms with E-state index >= 15 is 0 Å². The van der Waals surface area contributed by atoms with Crippen LogP contribution in [0.25, 0.3) is 0 Å². The van der Waals surface area contributed by atoms with Gasteiger partial charge in [-0.3, -0.25) is 10.2 Å². The van der Waals surface area contributed by atoms with Crippen molar-refractivity contribution in [2.75, 3.05) is 18.0 Å². The zero-order valence-corrected chi connectivity index (χ0v) is 10.00. The van der Waals surface area contributed by atoms with E-state index in [-0.39, 0.29) is 22.3 Å². The summed E-state index contributed by atoms with van der Waals surface area (Å²) in [5.74, 6) is 0.874. The first-order chi connectivity index (χ1) is 8.09. The summed E-state index contributed by atoms with van der Waals surface area (Å²) in [6.07, 6.45) is 2.93. The number of nitrogens with two attached hydrogens (primary N) is 1. The number of nitrogens with zero attached hydrogens (tertiary/aromatic N) is 2. The van der Waals surface area contributed by atoms with E-state index in [1.54, 1.807) is 0 Å². The van der Waals surface area contributed by atoms with Crippen LogP contribution in [0, 0.1) is 11.3 Å². The van der Waals surface area contributed by atoms with Crippen molar-refractivity contribution < 1.29 is 0 Å². The molecule has 6 nitrogen and oxygen atoms in total. The third-order valence-electron chi connectivity index (χ3n) is 3.01. The maximum absolute atomic E-state index is 11.3. The Morgan fingerprint density at radius 2 is 2.24 bits per heavy atom. The molecular formula is C10H14ClN5O. The second-order valence-electron chi connectivity index (χ2n) is 4.09. The lowest BCUT2D eigenvalue weighted by atomic mass is 9.96. The maximum atomic E-state index is 11.3. The molecule has 7 heteroatoms. The van der Waals surface area contributed by atoms with Crippen LogP contribution in [0.2, 0.25) is 5.02 Å². The molecule has 1 aliphatic rings. The number of hydrogen-bond acceptors (Lipinski definition) is 4. The van der Waals surface area contributed by atoms with Crippen molar-refractivity contribution in [2.45, 2.75) is 12.8 Å². The molecule has 1 fully saturated rings. The summed E-state index contributed by atoms with van der Waals surface area (Å²) in [6.45, 7) is 1.42. The standard InChI is InChI=1S/C10H14ClN5O/c11-7-9(14-5-15-10(7)17)16-3-1-6(2-4-16)8(12)13/h5-6H,1-4H2,(H3,12,13)(H,14,15,17). The van der Waals surface area contributed by atoms with Crippen molar-refractivity contribution in [3.05, 3.63) is 21.7 Å². The highest BCUT2D eigenvalue weighted by Crippen LogP contribution is 2.24. The smallest absolute Gasteiger partial charge is 0.271 e. The van der Waals surface area contributed by atoms with Crippen LogP contribution in [-0.2, 0) is 0 Å². The van der Waals surface area contributed by atoms with Crippen molar-refractivity contribution in [2.24, 2.45) is 11.7 Å². The first kappa shape index (κ1) is 11.9. The number of H-pyrrole nitrogens is 1. The van der Waals surface area contributed by atoms with Gasteiger partial charge >= 0.3 is 0 Å². The third kappa shape index (κ3) is 2.41. The molecule has 1 aromatic rings. The fourth-order valence-electron chi connectivity index (χ4n) is 2.00. The normalized spacial score (nSPS) is 17.1. The molecule has 0 bridgehead atoms. The van der Waals surface area contributed by atoms with Gasteiger partial charge in [0.1, 0.15) is 5.02 Å². The van der Waals surface area contributed by atoms with E-state index in [2.05, 4.69) is 9.97 Å². The Kier molecular flexibility index (Phi) is 3.33. The molecule has 0 spiro atoms. The first-order valence-corrected chi connectivity index (χ1v) is 5.79. The van der Waals surface area contributed by atoms with Crippen molar-refractivity contribution in [3.63, 3.8) is 0 Å². The molecule has 1 saturated heterocycles. The van der Waals surface area contributed by atoms with Gasteiger partial charge in [-0.15, -0.1) is 0 Å². The second-order valence-corrected chi connectivity index (χ2v) is 4.46. The van der Waals surface area contributed by atoms with Gasteiger partial charge in [-0.2, -0.15) is 0 Å². The van der Waals surface area contributed by atoms with Crippen molar-refractivity contribution in [1.29, 1.82) is 5.41 Å². The zero-order chi connectivity index (χ0) is 12.4. The lowest BCUT2D eigenvalue weighted by molar-refractivity contribution is 0.495. The predicted molar refractivity (Wildman–Crippen MR) is 66.7 cm³/mol. The van der Waals surface area contributed by atoms with Crippen LogP contribution in [0.4, 0.5) is 5.82 Å². The Labute approximate surface area is 103 Å². The largest absolute Gasteiger partial charge is 0.387 e. The Morgan fingerprint density at radius 3 is 2.82 bits per heavy atom. The minimum Gasteiger partial charge on any atom is -0.387 e. The number of aromatic nitrogens is 2. The fourth-order valence-corrected chi connectivity index (χ4v) is 2.22. The summed E-state index contributed by atoms with van der Waals surface area (Å²) >= 11 is 5.91. The van der Waals surface area contributed by atoms with Crippen LogP contribution in [0.15, 0.2) is 11.1 Å². The van der Waals surface area contributed by atoms with Crippen LogP contribution in [-0.4, -0.2) is 28.9 Å². The minimum atomic E-state index is -0.328. The van der Waals surface area contributed by atoms with Crippen LogP contribution in [0.3, 0.4) is 0 Å². The van der Waals surface area contributed by atoms with Gasteiger partial charge in [0.25, 0.3) is 5.56 Å². The van der Waals surface area contributed by atoms with Crippen molar-refractivity contribution in [1.82, 2.24) is 9.97 Å². The number of halogens is 1. The molecule has 0 saturated carbocycles. The average Bonchev–Trinajstić information content (AvgIpc) is 2.33. The lowest BCUT2D eigenvalue weighted by Gasteiger charge is -2.32. The molecule has 2 rings (SSSR count). The molecule has 2 heterocycles. The van der Waals surface area contributed by atoms with E-state index in [1.165, 1.54) is 6.33 Å². The molecule has 0 atom stereocenters. The highest BCUT2D eigenvalue weighted by atomic mass is 35.5. The number of anilines is 1. The van der Waals surface area contributed by atoms with Crippen LogP contribution in [0.1, 0.15) is 12.8 Å². The Balaban J connectivity index is 2.13. The van der Waals surface area contributed by atoms with Gasteiger partial charge in [-0.25, -0.2) is 4.98 Å². The Morgan fingerprint density at radius 1 is 1.59 bits per heavy atom. The number of hydrogen-bond donors (Lipinski definition) is 3. The molecule has 4 N–H and O–H groups in total. The average molecular weight is 256 g/mol. The van der Waals surface area contributed by atoms with Crippen molar-refractivity contribution >= 4 is 23.3 Å². The van der Waals surface area contributed by atoms with Gasteiger partial charge < -0.3 is 15.6 Å². The van der Waals surface area contributed by atoms with E-state index in [0.717, 1.165) is 12.8 Å². The second kappa shape index (κ2) is 4.75. The fraction of sp³-hybridized carbons (Fsp3) is 0.500. The highest BCUT2D eigenvalue weighted by molar-refractivity contribution is 6.32. The number of nitrogens with one attached hydrogen (secondary N) is 2. The summed E-state index contributed by atoms with van der Waals surface area (Å²) < 4.78 is 0. The number of aromatic amines is 1. The van der Waals surface area contributed by atoms with Gasteiger partial charge in [0.05, 0.1) is 12.2 Å². The summed E-state index contributed by atoms with van der Waals surface area (Å²) in [4.78, 5) is 19.8. The van der Waals surface area contributed by atoms with Gasteiger partial charge in [-0.05, 0) is 12.8 Å². The summed E-state index contributed by atoms with van der Waals surface area (Å²) in [6, 6.07) is 0. The molecule has 1 aromatic heterocycles. The molecule has 1 aliphatic heterocycles. The highest BCUT2D eigenvalue weighted by Gasteiger charge is 2.23. The molecule has 0 aromatic carbocycles. The molecule has 92 valence electrons. The quantitative estimate of drug-likeness (QED) is 0.532. The molecule has 0 radical (unpaired) electrons. The minimum absolute atomic E-state index is 0.119. The molecule has 0 unspecified atom stereocenters. The number of amidine groups is 1. The van der Waals surface area contributed by atoms with E-state index in [4.69, 9.17) is 22.7 Å². The van der Waals surface area contributed by atoms with Crippen LogP contribution in [0.5, 0.6) is 0 Å². The molecule has 17 heavy (non-hydrogen) atoms. The van der Waals surface area contributed by atoms with Gasteiger partial charge in [0.2, 0.25) is 0 Å². The lowest BCUT2D eigenvalue weighted by Crippen LogP contribution is -2.39. The molecule has 0 amide bonds. The maximum Gasteiger partial charge on any atom is 0.271 e. The predicted octanol–water partition coefficient (Wildman–Crippen LogP) is 0.576. The van der Waals surface area contributed by atoms with Gasteiger partial charge in [0.15, 0.2) is 5.82 Å². The summed E-state index contributed by atoms with van der Waals surface area (Å²) in [5.41, 5.74) is 5.15. The van der Waals surface area contributed by atoms with Crippen LogP contribution < -0.4 is 16.2 Å². The Hall–Kier alpha value is -1.56. The van der Waals surface area contributed by atoms with E-state index in [0.29, 0.717) is 18.9 Å². The van der Waals surface area contributed by atoms with Gasteiger partial charge in [-0.1, -0.05) is 11.6 Å². The summed E-state index contributed by atoms with van der Waals surface area (Å²) in [7, 11) is 0.